The van der Waals surface area contributed by atoms with Crippen LogP contribution in [0.4, 0.5) is 5.69 Å². The second-order valence-electron chi connectivity index (χ2n) is 6.45. The predicted octanol–water partition coefficient (Wildman–Crippen LogP) is 2.73. The Labute approximate surface area is 177 Å². The van der Waals surface area contributed by atoms with E-state index in [9.17, 15) is 13.2 Å². The van der Waals surface area contributed by atoms with Gasteiger partial charge in [-0.05, 0) is 68.3 Å². The van der Waals surface area contributed by atoms with Crippen LogP contribution in [0, 0.1) is 6.92 Å². The van der Waals surface area contributed by atoms with Gasteiger partial charge in [-0.15, -0.1) is 0 Å². The number of anilines is 1. The average Bonchev–Trinajstić information content (AvgIpc) is 2.73. The summed E-state index contributed by atoms with van der Waals surface area (Å²) in [6.45, 7) is 5.25. The minimum absolute atomic E-state index is 0.101. The Morgan fingerprint density at radius 1 is 1.10 bits per heavy atom. The number of carbonyl (C=O) groups excluding carboxylic acids is 1. The third-order valence-electron chi connectivity index (χ3n) is 4.15. The first kappa shape index (κ1) is 23.5. The molecular weight excluding hydrogens is 408 g/mol. The minimum atomic E-state index is -3.76. The molecule has 0 heterocycles. The molecule has 2 aromatic rings. The summed E-state index contributed by atoms with van der Waals surface area (Å²) in [5.41, 5.74) is 1.03. The topological polar surface area (TPSA) is 103 Å². The van der Waals surface area contributed by atoms with Crippen LogP contribution in [0.2, 0.25) is 0 Å². The minimum Gasteiger partial charge on any atom is -0.497 e. The highest BCUT2D eigenvalue weighted by atomic mass is 32.2. The van der Waals surface area contributed by atoms with E-state index in [0.717, 1.165) is 6.42 Å². The SMILES string of the molecule is CCOCCCNC(=O)COc1ccc(S(=O)(=O)Nc2ccc(OC)cc2)cc1C. The van der Waals surface area contributed by atoms with Crippen LogP contribution in [0.15, 0.2) is 47.4 Å². The van der Waals surface area contributed by atoms with Crippen molar-refractivity contribution in [1.29, 1.82) is 0 Å². The van der Waals surface area contributed by atoms with Gasteiger partial charge in [0.1, 0.15) is 11.5 Å². The molecule has 164 valence electrons. The van der Waals surface area contributed by atoms with Gasteiger partial charge >= 0.3 is 0 Å². The maximum atomic E-state index is 12.6. The molecule has 1 amide bonds. The Balaban J connectivity index is 1.92. The summed E-state index contributed by atoms with van der Waals surface area (Å²) >= 11 is 0. The molecule has 9 heteroatoms. The summed E-state index contributed by atoms with van der Waals surface area (Å²) < 4.78 is 43.5. The zero-order valence-corrected chi connectivity index (χ0v) is 18.3. The van der Waals surface area contributed by atoms with E-state index < -0.39 is 10.0 Å². The van der Waals surface area contributed by atoms with Crippen LogP contribution in [-0.4, -0.2) is 47.8 Å². The highest BCUT2D eigenvalue weighted by Gasteiger charge is 2.16. The van der Waals surface area contributed by atoms with Crippen LogP contribution in [0.5, 0.6) is 11.5 Å². The van der Waals surface area contributed by atoms with E-state index in [-0.39, 0.29) is 17.4 Å². The molecule has 0 bridgehead atoms. The van der Waals surface area contributed by atoms with Crippen molar-refractivity contribution >= 4 is 21.6 Å². The molecule has 0 spiro atoms. The number of aryl methyl sites for hydroxylation is 1. The maximum absolute atomic E-state index is 12.6. The third-order valence-corrected chi connectivity index (χ3v) is 5.53. The molecule has 0 saturated carbocycles. The lowest BCUT2D eigenvalue weighted by Gasteiger charge is -2.12. The molecule has 0 aliphatic heterocycles. The van der Waals surface area contributed by atoms with Gasteiger partial charge in [0.2, 0.25) is 0 Å². The highest BCUT2D eigenvalue weighted by Crippen LogP contribution is 2.24. The molecule has 0 saturated heterocycles. The molecule has 0 radical (unpaired) electrons. The number of benzene rings is 2. The predicted molar refractivity (Wildman–Crippen MR) is 115 cm³/mol. The molecule has 2 rings (SSSR count). The van der Waals surface area contributed by atoms with Crippen LogP contribution in [0.3, 0.4) is 0 Å². The van der Waals surface area contributed by atoms with Crippen molar-refractivity contribution < 1.29 is 27.4 Å². The number of hydrogen-bond acceptors (Lipinski definition) is 6. The van der Waals surface area contributed by atoms with Crippen molar-refractivity contribution in [2.45, 2.75) is 25.2 Å². The first-order chi connectivity index (χ1) is 14.4. The molecule has 2 aromatic carbocycles. The van der Waals surface area contributed by atoms with Crippen molar-refractivity contribution in [1.82, 2.24) is 5.32 Å². The molecule has 0 atom stereocenters. The second kappa shape index (κ2) is 11.4. The fourth-order valence-corrected chi connectivity index (χ4v) is 3.71. The van der Waals surface area contributed by atoms with Gasteiger partial charge in [0.25, 0.3) is 15.9 Å². The van der Waals surface area contributed by atoms with Crippen LogP contribution < -0.4 is 19.5 Å². The van der Waals surface area contributed by atoms with E-state index in [0.29, 0.717) is 42.5 Å². The summed E-state index contributed by atoms with van der Waals surface area (Å²) in [4.78, 5) is 11.9. The van der Waals surface area contributed by atoms with E-state index in [2.05, 4.69) is 10.0 Å². The monoisotopic (exact) mass is 436 g/mol. The Kier molecular flexibility index (Phi) is 8.94. The van der Waals surface area contributed by atoms with Crippen LogP contribution >= 0.6 is 0 Å². The van der Waals surface area contributed by atoms with Gasteiger partial charge < -0.3 is 19.5 Å². The smallest absolute Gasteiger partial charge is 0.261 e. The fraction of sp³-hybridized carbons (Fsp3) is 0.381. The quantitative estimate of drug-likeness (QED) is 0.496. The van der Waals surface area contributed by atoms with Gasteiger partial charge in [-0.3, -0.25) is 9.52 Å². The largest absolute Gasteiger partial charge is 0.497 e. The molecule has 0 fully saturated rings. The van der Waals surface area contributed by atoms with Crippen LogP contribution in [0.25, 0.3) is 0 Å². The lowest BCUT2D eigenvalue weighted by molar-refractivity contribution is -0.123. The van der Waals surface area contributed by atoms with E-state index in [1.807, 2.05) is 6.92 Å². The summed E-state index contributed by atoms with van der Waals surface area (Å²) in [6.07, 6.45) is 0.729. The molecular formula is C21H28N2O6S. The first-order valence-electron chi connectivity index (χ1n) is 9.60. The van der Waals surface area contributed by atoms with Crippen molar-refractivity contribution in [3.05, 3.63) is 48.0 Å². The van der Waals surface area contributed by atoms with E-state index >= 15 is 0 Å². The number of amides is 1. The highest BCUT2D eigenvalue weighted by molar-refractivity contribution is 7.92. The number of sulfonamides is 1. The summed E-state index contributed by atoms with van der Waals surface area (Å²) in [5, 5.41) is 2.74. The van der Waals surface area contributed by atoms with Crippen molar-refractivity contribution in [2.24, 2.45) is 0 Å². The van der Waals surface area contributed by atoms with Gasteiger partial charge in [-0.2, -0.15) is 0 Å². The second-order valence-corrected chi connectivity index (χ2v) is 8.13. The Morgan fingerprint density at radius 2 is 1.83 bits per heavy atom. The van der Waals surface area contributed by atoms with Gasteiger partial charge in [0.05, 0.1) is 12.0 Å². The van der Waals surface area contributed by atoms with Crippen LogP contribution in [-0.2, 0) is 19.6 Å². The van der Waals surface area contributed by atoms with Crippen molar-refractivity contribution in [3.8, 4) is 11.5 Å². The van der Waals surface area contributed by atoms with Gasteiger partial charge in [0, 0.05) is 25.4 Å². The van der Waals surface area contributed by atoms with E-state index in [4.69, 9.17) is 14.2 Å². The average molecular weight is 437 g/mol. The number of hydrogen-bond donors (Lipinski definition) is 2. The van der Waals surface area contributed by atoms with E-state index in [1.54, 1.807) is 37.3 Å². The Morgan fingerprint density at radius 3 is 2.47 bits per heavy atom. The summed E-state index contributed by atoms with van der Waals surface area (Å²) in [5.74, 6) is 0.834. The van der Waals surface area contributed by atoms with Crippen molar-refractivity contribution in [2.75, 3.05) is 38.2 Å². The van der Waals surface area contributed by atoms with Gasteiger partial charge in [-0.25, -0.2) is 8.42 Å². The lowest BCUT2D eigenvalue weighted by Crippen LogP contribution is -2.30. The Bertz CT molecular complexity index is 929. The molecule has 0 aliphatic rings. The molecule has 0 aromatic heterocycles. The molecule has 0 unspecified atom stereocenters. The number of methoxy groups -OCH3 is 1. The molecule has 0 aliphatic carbocycles. The molecule has 30 heavy (non-hydrogen) atoms. The zero-order valence-electron chi connectivity index (χ0n) is 17.4. The summed E-state index contributed by atoms with van der Waals surface area (Å²) in [6, 6.07) is 11.1. The standard InChI is InChI=1S/C21H28N2O6S/c1-4-28-13-5-12-22-21(24)15-29-20-11-10-19(14-16(20)2)30(25,26)23-17-6-8-18(27-3)9-7-17/h6-11,14,23H,4-5,12-13,15H2,1-3H3,(H,22,24). The maximum Gasteiger partial charge on any atom is 0.261 e. The molecule has 2 N–H and O–H groups in total. The van der Waals surface area contributed by atoms with Crippen LogP contribution in [0.1, 0.15) is 18.9 Å². The lowest BCUT2D eigenvalue weighted by atomic mass is 10.2. The number of rotatable bonds is 12. The normalized spacial score (nSPS) is 11.0. The fourth-order valence-electron chi connectivity index (χ4n) is 2.56. The number of ether oxygens (including phenoxy) is 3. The van der Waals surface area contributed by atoms with Crippen molar-refractivity contribution in [3.63, 3.8) is 0 Å². The summed E-state index contributed by atoms with van der Waals surface area (Å²) in [7, 11) is -2.22. The zero-order chi connectivity index (χ0) is 22.0. The molecule has 8 nitrogen and oxygen atoms in total. The first-order valence-corrected chi connectivity index (χ1v) is 11.1. The van der Waals surface area contributed by atoms with E-state index in [1.165, 1.54) is 19.2 Å². The van der Waals surface area contributed by atoms with Gasteiger partial charge in [0.15, 0.2) is 6.61 Å². The number of carbonyl (C=O) groups is 1. The van der Waals surface area contributed by atoms with Gasteiger partial charge in [-0.1, -0.05) is 0 Å². The third kappa shape index (κ3) is 7.23. The number of nitrogens with one attached hydrogen (secondary N) is 2. The Hall–Kier alpha value is -2.78.